The van der Waals surface area contributed by atoms with Crippen LogP contribution in [0.2, 0.25) is 0 Å². The Morgan fingerprint density at radius 2 is 1.74 bits per heavy atom. The average molecular weight is 386 g/mol. The Bertz CT molecular complexity index is 536. The monoisotopic (exact) mass is 386 g/mol. The molecule has 1 saturated heterocycles. The molecule has 0 bridgehead atoms. The zero-order valence-electron chi connectivity index (χ0n) is 16.3. The number of esters is 2. The lowest BCUT2D eigenvalue weighted by molar-refractivity contribution is -0.156. The zero-order valence-corrected chi connectivity index (χ0v) is 16.3. The summed E-state index contributed by atoms with van der Waals surface area (Å²) in [5.41, 5.74) is 0. The summed E-state index contributed by atoms with van der Waals surface area (Å²) in [6, 6.07) is 0. The van der Waals surface area contributed by atoms with Crippen LogP contribution < -0.4 is 0 Å². The summed E-state index contributed by atoms with van der Waals surface area (Å²) >= 11 is 0. The first-order chi connectivity index (χ1) is 12.7. The number of unbranched alkanes of at least 4 members (excludes halogenated alkanes) is 2. The molecule has 0 aliphatic carbocycles. The number of carbonyl (C=O) groups is 4. The molecule has 1 fully saturated rings. The van der Waals surface area contributed by atoms with Crippen LogP contribution in [0.1, 0.15) is 32.1 Å². The fourth-order valence-corrected chi connectivity index (χ4v) is 2.64. The first-order valence-electron chi connectivity index (χ1n) is 9.18. The van der Waals surface area contributed by atoms with Crippen LogP contribution in [0.3, 0.4) is 0 Å². The molecular weight excluding hydrogens is 356 g/mol. The van der Waals surface area contributed by atoms with Crippen LogP contribution in [0.5, 0.6) is 0 Å². The molecule has 0 saturated carbocycles. The Balaban J connectivity index is 2.08. The second-order valence-electron chi connectivity index (χ2n) is 7.04. The van der Waals surface area contributed by atoms with Gasteiger partial charge in [-0.3, -0.25) is 14.4 Å². The van der Waals surface area contributed by atoms with Crippen molar-refractivity contribution in [3.63, 3.8) is 0 Å². The lowest BCUT2D eigenvalue weighted by Crippen LogP contribution is -2.37. The molecule has 0 amide bonds. The minimum Gasteiger partial charge on any atom is -0.463 e. The molecule has 0 spiro atoms. The molecule has 154 valence electrons. The van der Waals surface area contributed by atoms with Crippen molar-refractivity contribution in [2.24, 2.45) is 0 Å². The fourth-order valence-electron chi connectivity index (χ4n) is 2.64. The number of ketones is 2. The molecule has 9 heteroatoms. The van der Waals surface area contributed by atoms with E-state index in [9.17, 15) is 24.3 Å². The molecule has 0 aromatic rings. The predicted octanol–water partition coefficient (Wildman–Crippen LogP) is -0.602. The summed E-state index contributed by atoms with van der Waals surface area (Å²) in [6.07, 6.45) is 0.715. The quantitative estimate of drug-likeness (QED) is 0.252. The SMILES string of the molecule is CN(C)CCCN(C)CCCCCC(=O)OCC(O)C1OC(=O)C(=O)C1=O. The highest BCUT2D eigenvalue weighted by atomic mass is 16.6. The van der Waals surface area contributed by atoms with E-state index in [-0.39, 0.29) is 6.42 Å². The summed E-state index contributed by atoms with van der Waals surface area (Å²) in [4.78, 5) is 49.5. The van der Waals surface area contributed by atoms with Crippen LogP contribution in [0.4, 0.5) is 0 Å². The van der Waals surface area contributed by atoms with E-state index in [1.165, 1.54) is 0 Å². The standard InChI is InChI=1S/C18H30N2O7/c1-19(2)9-7-11-20(3)10-6-4-5-8-14(22)26-12-13(21)17-15(23)16(24)18(25)27-17/h13,17,21H,4-12H2,1-3H3. The Labute approximate surface area is 159 Å². The largest absolute Gasteiger partial charge is 0.463 e. The van der Waals surface area contributed by atoms with Crippen LogP contribution in [-0.4, -0.2) is 98.0 Å². The zero-order chi connectivity index (χ0) is 20.4. The van der Waals surface area contributed by atoms with Crippen LogP contribution in [0, 0.1) is 0 Å². The van der Waals surface area contributed by atoms with Gasteiger partial charge in [0.05, 0.1) is 0 Å². The highest BCUT2D eigenvalue weighted by Crippen LogP contribution is 2.12. The van der Waals surface area contributed by atoms with Crippen LogP contribution in [-0.2, 0) is 28.7 Å². The third-order valence-corrected chi connectivity index (χ3v) is 4.23. The third-order valence-electron chi connectivity index (χ3n) is 4.23. The maximum Gasteiger partial charge on any atom is 0.383 e. The van der Waals surface area contributed by atoms with Gasteiger partial charge >= 0.3 is 17.7 Å². The number of carbonyl (C=O) groups excluding carboxylic acids is 4. The van der Waals surface area contributed by atoms with Gasteiger partial charge < -0.3 is 24.4 Å². The van der Waals surface area contributed by atoms with Gasteiger partial charge in [0.25, 0.3) is 5.78 Å². The van der Waals surface area contributed by atoms with E-state index in [1.54, 1.807) is 0 Å². The number of nitrogens with zero attached hydrogens (tertiary/aromatic N) is 2. The Morgan fingerprint density at radius 3 is 2.33 bits per heavy atom. The summed E-state index contributed by atoms with van der Waals surface area (Å²) in [7, 11) is 6.18. The normalized spacial score (nSPS) is 18.3. The van der Waals surface area contributed by atoms with Crippen molar-refractivity contribution in [1.82, 2.24) is 9.80 Å². The molecule has 1 aliphatic heterocycles. The molecular formula is C18H30N2O7. The third kappa shape index (κ3) is 8.59. The highest BCUT2D eigenvalue weighted by molar-refractivity contribution is 6.65. The van der Waals surface area contributed by atoms with Crippen LogP contribution in [0.25, 0.3) is 0 Å². The minimum atomic E-state index is -1.58. The van der Waals surface area contributed by atoms with Gasteiger partial charge in [-0.05, 0) is 60.0 Å². The molecule has 2 atom stereocenters. The number of hydrogen-bond acceptors (Lipinski definition) is 9. The smallest absolute Gasteiger partial charge is 0.383 e. The first-order valence-corrected chi connectivity index (χ1v) is 9.18. The summed E-state index contributed by atoms with van der Waals surface area (Å²) in [5, 5.41) is 9.74. The lowest BCUT2D eigenvalue weighted by atomic mass is 10.1. The molecule has 27 heavy (non-hydrogen) atoms. The Kier molecular flexibility index (Phi) is 10.1. The summed E-state index contributed by atoms with van der Waals surface area (Å²) < 4.78 is 9.35. The first kappa shape index (κ1) is 23.2. The minimum absolute atomic E-state index is 0.203. The van der Waals surface area contributed by atoms with Gasteiger partial charge in [-0.1, -0.05) is 6.42 Å². The van der Waals surface area contributed by atoms with E-state index in [0.29, 0.717) is 6.42 Å². The molecule has 1 N–H and O–H groups in total. The van der Waals surface area contributed by atoms with E-state index in [1.807, 2.05) is 0 Å². The van der Waals surface area contributed by atoms with Crippen molar-refractivity contribution in [2.75, 3.05) is 47.4 Å². The fraction of sp³-hybridized carbons (Fsp3) is 0.778. The molecule has 1 rings (SSSR count). The van der Waals surface area contributed by atoms with Gasteiger partial charge in [-0.15, -0.1) is 0 Å². The number of aliphatic hydroxyl groups is 1. The topological polar surface area (TPSA) is 113 Å². The number of Topliss-reactive ketones (excluding diaryl/α,β-unsaturated/α-hetero) is 2. The Hall–Kier alpha value is -1.84. The van der Waals surface area contributed by atoms with Gasteiger partial charge in [-0.25, -0.2) is 4.79 Å². The van der Waals surface area contributed by atoms with Crippen molar-refractivity contribution < 1.29 is 33.8 Å². The predicted molar refractivity (Wildman–Crippen MR) is 96.0 cm³/mol. The Morgan fingerprint density at radius 1 is 1.07 bits per heavy atom. The second-order valence-corrected chi connectivity index (χ2v) is 7.04. The van der Waals surface area contributed by atoms with E-state index >= 15 is 0 Å². The van der Waals surface area contributed by atoms with Crippen molar-refractivity contribution >= 4 is 23.5 Å². The molecule has 1 heterocycles. The van der Waals surface area contributed by atoms with E-state index in [4.69, 9.17) is 4.74 Å². The molecule has 2 unspecified atom stereocenters. The molecule has 0 aromatic heterocycles. The van der Waals surface area contributed by atoms with Crippen LogP contribution >= 0.6 is 0 Å². The number of cyclic esters (lactones) is 1. The van der Waals surface area contributed by atoms with Gasteiger partial charge in [0, 0.05) is 6.42 Å². The van der Waals surface area contributed by atoms with E-state index in [0.717, 1.165) is 38.9 Å². The maximum absolute atomic E-state index is 11.7. The van der Waals surface area contributed by atoms with Crippen molar-refractivity contribution in [3.05, 3.63) is 0 Å². The van der Waals surface area contributed by atoms with Crippen molar-refractivity contribution in [1.29, 1.82) is 0 Å². The van der Waals surface area contributed by atoms with Crippen molar-refractivity contribution in [2.45, 2.75) is 44.3 Å². The van der Waals surface area contributed by atoms with Gasteiger partial charge in [0.1, 0.15) is 12.7 Å². The number of ether oxygens (including phenoxy) is 2. The van der Waals surface area contributed by atoms with Gasteiger partial charge in [0.15, 0.2) is 6.10 Å². The summed E-state index contributed by atoms with van der Waals surface area (Å²) in [5.74, 6) is -4.20. The maximum atomic E-state index is 11.7. The van der Waals surface area contributed by atoms with Crippen molar-refractivity contribution in [3.8, 4) is 0 Å². The van der Waals surface area contributed by atoms with E-state index in [2.05, 4.69) is 35.7 Å². The second kappa shape index (κ2) is 11.8. The van der Waals surface area contributed by atoms with E-state index < -0.39 is 42.3 Å². The number of rotatable bonds is 13. The van der Waals surface area contributed by atoms with Crippen LogP contribution in [0.15, 0.2) is 0 Å². The number of hydrogen-bond donors (Lipinski definition) is 1. The summed E-state index contributed by atoms with van der Waals surface area (Å²) in [6.45, 7) is 2.56. The average Bonchev–Trinajstić information content (AvgIpc) is 2.86. The molecule has 0 radical (unpaired) electrons. The van der Waals surface area contributed by atoms with Gasteiger partial charge in [0.2, 0.25) is 0 Å². The van der Waals surface area contributed by atoms with Gasteiger partial charge in [-0.2, -0.15) is 0 Å². The lowest BCUT2D eigenvalue weighted by Gasteiger charge is -2.18. The molecule has 1 aliphatic rings. The highest BCUT2D eigenvalue weighted by Gasteiger charge is 2.46. The number of aliphatic hydroxyl groups excluding tert-OH is 1. The molecule has 0 aromatic carbocycles. The molecule has 9 nitrogen and oxygen atoms in total.